The van der Waals surface area contributed by atoms with Gasteiger partial charge in [0, 0.05) is 41.4 Å². The maximum Gasteiger partial charge on any atom is 0.155 e. The molecule has 8 heteroatoms. The monoisotopic (exact) mass is 459 g/mol. The van der Waals surface area contributed by atoms with E-state index in [1.54, 1.807) is 24.5 Å². The summed E-state index contributed by atoms with van der Waals surface area (Å²) in [5, 5.41) is 5.48. The summed E-state index contributed by atoms with van der Waals surface area (Å²) in [6.07, 6.45) is 6.09. The van der Waals surface area contributed by atoms with E-state index in [-0.39, 0.29) is 23.7 Å². The third-order valence-electron chi connectivity index (χ3n) is 5.84. The molecule has 1 saturated heterocycles. The summed E-state index contributed by atoms with van der Waals surface area (Å²) >= 11 is 12.3. The topological polar surface area (TPSA) is 73.9 Å². The summed E-state index contributed by atoms with van der Waals surface area (Å²) in [4.78, 5) is 27.5. The minimum absolute atomic E-state index is 0.145. The number of Topliss-reactive ketones (excluding diaryl/α,β-unsaturated/α-hetero) is 1. The van der Waals surface area contributed by atoms with E-state index < -0.39 is 0 Å². The molecular weight excluding hydrogens is 433 g/mol. The van der Waals surface area contributed by atoms with E-state index in [1.807, 2.05) is 12.3 Å². The molecule has 164 valence electrons. The second kappa shape index (κ2) is 9.45. The normalized spacial score (nSPS) is 17.8. The van der Waals surface area contributed by atoms with Crippen molar-refractivity contribution in [1.82, 2.24) is 15.0 Å². The molecule has 3 aromatic rings. The highest BCUT2D eigenvalue weighted by molar-refractivity contribution is 6.35. The van der Waals surface area contributed by atoms with E-state index in [0.717, 1.165) is 48.5 Å². The maximum atomic E-state index is 13.3. The highest BCUT2D eigenvalue weighted by atomic mass is 35.5. The van der Waals surface area contributed by atoms with Gasteiger partial charge >= 0.3 is 0 Å². The molecule has 1 fully saturated rings. The Morgan fingerprint density at radius 2 is 2.03 bits per heavy atom. The number of ketones is 1. The Morgan fingerprint density at radius 3 is 2.77 bits per heavy atom. The lowest BCUT2D eigenvalue weighted by Crippen LogP contribution is -2.40. The van der Waals surface area contributed by atoms with Gasteiger partial charge in [0.25, 0.3) is 0 Å². The predicted octanol–water partition coefficient (Wildman–Crippen LogP) is 5.58. The molecule has 0 unspecified atom stereocenters. The summed E-state index contributed by atoms with van der Waals surface area (Å²) in [7, 11) is 0. The second-order valence-electron chi connectivity index (χ2n) is 8.59. The zero-order valence-corrected chi connectivity index (χ0v) is 19.2. The first kappa shape index (κ1) is 21.9. The first-order valence-corrected chi connectivity index (χ1v) is 11.4. The number of nitrogens with zero attached hydrogens (tertiary/aromatic N) is 3. The van der Waals surface area contributed by atoms with E-state index in [9.17, 15) is 4.79 Å². The molecule has 2 aromatic heterocycles. The number of aromatic amines is 1. The zero-order valence-electron chi connectivity index (χ0n) is 17.7. The number of hydrogen-bond donors (Lipinski definition) is 2. The molecule has 0 amide bonds. The molecule has 2 atom stereocenters. The first-order valence-electron chi connectivity index (χ1n) is 10.7. The lowest BCUT2D eigenvalue weighted by Gasteiger charge is -2.34. The van der Waals surface area contributed by atoms with Crippen LogP contribution in [0.15, 0.2) is 36.8 Å². The quantitative estimate of drug-likeness (QED) is 0.482. The van der Waals surface area contributed by atoms with E-state index in [1.165, 1.54) is 0 Å². The third-order valence-corrected chi connectivity index (χ3v) is 6.28. The number of aromatic nitrogens is 3. The number of H-pyrrole nitrogens is 1. The van der Waals surface area contributed by atoms with Crippen LogP contribution in [0.25, 0.3) is 11.0 Å². The van der Waals surface area contributed by atoms with Crippen molar-refractivity contribution in [3.63, 3.8) is 0 Å². The molecule has 1 aromatic carbocycles. The Morgan fingerprint density at radius 1 is 1.26 bits per heavy atom. The average Bonchev–Trinajstić information content (AvgIpc) is 3.20. The minimum atomic E-state index is -0.291. The van der Waals surface area contributed by atoms with Crippen molar-refractivity contribution in [1.29, 1.82) is 0 Å². The molecule has 0 bridgehead atoms. The minimum Gasteiger partial charge on any atom is -0.375 e. The molecule has 0 radical (unpaired) electrons. The zero-order chi connectivity index (χ0) is 22.0. The van der Waals surface area contributed by atoms with Gasteiger partial charge in [-0.25, -0.2) is 9.97 Å². The van der Waals surface area contributed by atoms with Crippen molar-refractivity contribution in [3.8, 4) is 0 Å². The number of carbonyl (C=O) groups is 1. The van der Waals surface area contributed by atoms with E-state index in [0.29, 0.717) is 16.5 Å². The van der Waals surface area contributed by atoms with Gasteiger partial charge in [-0.2, -0.15) is 0 Å². The smallest absolute Gasteiger partial charge is 0.155 e. The Hall–Kier alpha value is -2.31. The van der Waals surface area contributed by atoms with Crippen molar-refractivity contribution in [3.05, 3.63) is 46.8 Å². The number of rotatable bonds is 7. The van der Waals surface area contributed by atoms with Crippen LogP contribution in [0.1, 0.15) is 33.1 Å². The Bertz CT molecular complexity index is 1050. The maximum absolute atomic E-state index is 13.3. The molecule has 3 heterocycles. The van der Waals surface area contributed by atoms with Crippen molar-refractivity contribution in [2.45, 2.75) is 39.2 Å². The number of halogens is 2. The van der Waals surface area contributed by atoms with Gasteiger partial charge in [-0.05, 0) is 48.9 Å². The van der Waals surface area contributed by atoms with Crippen LogP contribution in [0.4, 0.5) is 11.5 Å². The van der Waals surface area contributed by atoms with Crippen LogP contribution in [0, 0.1) is 11.8 Å². The molecule has 4 rings (SSSR count). The van der Waals surface area contributed by atoms with Crippen LogP contribution in [0.3, 0.4) is 0 Å². The molecule has 0 spiro atoms. The number of piperidine rings is 1. The summed E-state index contributed by atoms with van der Waals surface area (Å²) in [5.74, 6) is 1.59. The Balaban J connectivity index is 1.45. The van der Waals surface area contributed by atoms with Gasteiger partial charge in [-0.1, -0.05) is 37.0 Å². The van der Waals surface area contributed by atoms with Crippen molar-refractivity contribution < 1.29 is 4.79 Å². The fourth-order valence-corrected chi connectivity index (χ4v) is 4.91. The summed E-state index contributed by atoms with van der Waals surface area (Å²) < 4.78 is 0. The van der Waals surface area contributed by atoms with Crippen LogP contribution in [0.2, 0.25) is 10.0 Å². The second-order valence-corrected chi connectivity index (χ2v) is 9.46. The predicted molar refractivity (Wildman–Crippen MR) is 127 cm³/mol. The van der Waals surface area contributed by atoms with Crippen molar-refractivity contribution in [2.24, 2.45) is 11.8 Å². The number of fused-ring (bicyclic) bond motifs is 1. The van der Waals surface area contributed by atoms with E-state index in [4.69, 9.17) is 23.2 Å². The van der Waals surface area contributed by atoms with Crippen LogP contribution in [-0.2, 0) is 4.79 Å². The van der Waals surface area contributed by atoms with E-state index in [2.05, 4.69) is 39.0 Å². The lowest BCUT2D eigenvalue weighted by molar-refractivity contribution is -0.121. The molecule has 1 aliphatic heterocycles. The number of anilines is 2. The van der Waals surface area contributed by atoms with E-state index >= 15 is 0 Å². The van der Waals surface area contributed by atoms with Crippen LogP contribution in [0.5, 0.6) is 0 Å². The van der Waals surface area contributed by atoms with Gasteiger partial charge in [0.05, 0.1) is 11.4 Å². The molecule has 6 nitrogen and oxygen atoms in total. The summed E-state index contributed by atoms with van der Waals surface area (Å²) in [5.41, 5.74) is 1.61. The number of hydrogen-bond acceptors (Lipinski definition) is 5. The van der Waals surface area contributed by atoms with Crippen molar-refractivity contribution in [2.75, 3.05) is 23.3 Å². The largest absolute Gasteiger partial charge is 0.375 e. The molecule has 31 heavy (non-hydrogen) atoms. The number of benzene rings is 1. The highest BCUT2D eigenvalue weighted by Crippen LogP contribution is 2.30. The molecule has 0 aliphatic carbocycles. The van der Waals surface area contributed by atoms with Gasteiger partial charge in [0.1, 0.15) is 17.8 Å². The van der Waals surface area contributed by atoms with Gasteiger partial charge in [-0.3, -0.25) is 4.79 Å². The molecular formula is C23H27Cl2N5O. The standard InChI is InChI=1S/C23H27Cl2N5O/c1-14(2)21(29-18-10-16(24)9-17(25)11-18)20(31)8-15-4-3-7-30(12-15)23-19-5-6-26-22(19)27-13-28-23/h5-6,9-11,13-15,21,29H,3-4,7-8,12H2,1-2H3,(H,26,27,28)/t15-,21+/m0/s1. The number of carbonyl (C=O) groups excluding carboxylic acids is 1. The van der Waals surface area contributed by atoms with Gasteiger partial charge in [0.15, 0.2) is 5.78 Å². The van der Waals surface area contributed by atoms with Gasteiger partial charge < -0.3 is 15.2 Å². The molecule has 0 saturated carbocycles. The fourth-order valence-electron chi connectivity index (χ4n) is 4.38. The summed E-state index contributed by atoms with van der Waals surface area (Å²) in [6.45, 7) is 5.86. The highest BCUT2D eigenvalue weighted by Gasteiger charge is 2.29. The fraction of sp³-hybridized carbons (Fsp3) is 0.435. The Labute approximate surface area is 192 Å². The van der Waals surface area contributed by atoms with Crippen LogP contribution in [-0.4, -0.2) is 39.9 Å². The summed E-state index contributed by atoms with van der Waals surface area (Å²) in [6, 6.07) is 7.01. The van der Waals surface area contributed by atoms with Gasteiger partial charge in [0.2, 0.25) is 0 Å². The average molecular weight is 460 g/mol. The Kier molecular flexibility index (Phi) is 6.68. The third kappa shape index (κ3) is 5.13. The van der Waals surface area contributed by atoms with Crippen molar-refractivity contribution >= 4 is 51.5 Å². The first-order chi connectivity index (χ1) is 14.9. The lowest BCUT2D eigenvalue weighted by atomic mass is 9.88. The molecule has 2 N–H and O–H groups in total. The van der Waals surface area contributed by atoms with Gasteiger partial charge in [-0.15, -0.1) is 0 Å². The molecule has 1 aliphatic rings. The van der Waals surface area contributed by atoms with Crippen LogP contribution < -0.4 is 10.2 Å². The SMILES string of the molecule is CC(C)[C@@H](Nc1cc(Cl)cc(Cl)c1)C(=O)C[C@@H]1CCCN(c2ncnc3[nH]ccc23)C1. The number of nitrogens with one attached hydrogen (secondary N) is 2. The van der Waals surface area contributed by atoms with Crippen LogP contribution >= 0.6 is 23.2 Å².